The van der Waals surface area contributed by atoms with E-state index in [9.17, 15) is 4.79 Å². The van der Waals surface area contributed by atoms with Crippen LogP contribution in [-0.2, 0) is 30.7 Å². The van der Waals surface area contributed by atoms with Crippen LogP contribution in [-0.4, -0.2) is 59.5 Å². The maximum atomic E-state index is 10.5. The van der Waals surface area contributed by atoms with E-state index >= 15 is 0 Å². The van der Waals surface area contributed by atoms with Gasteiger partial charge in [-0.1, -0.05) is 29.8 Å². The predicted molar refractivity (Wildman–Crippen MR) is 91.7 cm³/mol. The topological polar surface area (TPSA) is 52.8 Å². The Morgan fingerprint density at radius 1 is 1.04 bits per heavy atom. The van der Waals surface area contributed by atoms with Crippen molar-refractivity contribution in [1.82, 2.24) is 14.7 Å². The summed E-state index contributed by atoms with van der Waals surface area (Å²) in [6, 6.07) is 8.13. The van der Waals surface area contributed by atoms with Crippen LogP contribution in [0.1, 0.15) is 17.5 Å². The van der Waals surface area contributed by atoms with Gasteiger partial charge < -0.3 is 5.73 Å². The third kappa shape index (κ3) is 5.58. The normalized spacial score (nSPS) is 30.1. The van der Waals surface area contributed by atoms with Crippen molar-refractivity contribution in [2.75, 3.05) is 38.9 Å². The second kappa shape index (κ2) is 8.64. The maximum absolute atomic E-state index is 10.5. The van der Waals surface area contributed by atoms with Gasteiger partial charge in [-0.15, -0.1) is 0 Å². The number of hydrogen-bond acceptors (Lipinski definition) is 4. The molecule has 5 nitrogen and oxygen atoms in total. The van der Waals surface area contributed by atoms with Gasteiger partial charge >= 0.3 is 19.5 Å². The van der Waals surface area contributed by atoms with Gasteiger partial charge in [-0.05, 0) is 18.9 Å². The third-order valence-electron chi connectivity index (χ3n) is 4.32. The quantitative estimate of drug-likeness (QED) is 0.590. The van der Waals surface area contributed by atoms with Crippen molar-refractivity contribution < 1.29 is 24.3 Å². The van der Waals surface area contributed by atoms with E-state index in [2.05, 4.69) is 14.7 Å². The van der Waals surface area contributed by atoms with E-state index in [1.54, 1.807) is 0 Å². The Labute approximate surface area is 152 Å². The van der Waals surface area contributed by atoms with Crippen molar-refractivity contribution in [3.05, 3.63) is 35.4 Å². The van der Waals surface area contributed by atoms with E-state index in [1.165, 1.54) is 50.0 Å². The fraction of sp³-hybridized carbons (Fsp3) is 0.562. The molecule has 4 aliphatic rings. The third-order valence-corrected chi connectivity index (χ3v) is 7.01. The minimum absolute atomic E-state index is 0. The molecule has 4 saturated heterocycles. The Balaban J connectivity index is 0.000000161. The molecule has 1 aromatic carbocycles. The average Bonchev–Trinajstić information content (AvgIpc) is 2.46. The monoisotopic (exact) mass is 423 g/mol. The Morgan fingerprint density at radius 3 is 1.91 bits per heavy atom. The minimum atomic E-state index is -0.240. The number of carbonyl (C=O) groups is 1. The van der Waals surface area contributed by atoms with Crippen LogP contribution in [0.5, 0.6) is 0 Å². The van der Waals surface area contributed by atoms with Crippen LogP contribution >= 0.6 is 7.92 Å². The number of carbonyl (C=O) groups excluding carboxylic acids is 1. The van der Waals surface area contributed by atoms with Crippen LogP contribution in [0.15, 0.2) is 24.3 Å². The molecule has 4 heterocycles. The molecule has 122 valence electrons. The molecule has 1 amide bonds. The number of primary amides is 1. The van der Waals surface area contributed by atoms with E-state index in [0.717, 1.165) is 6.42 Å². The van der Waals surface area contributed by atoms with Gasteiger partial charge in [-0.25, -0.2) is 14.7 Å². The number of nitrogens with two attached hydrogens (primary N) is 1. The van der Waals surface area contributed by atoms with E-state index in [1.807, 2.05) is 31.2 Å². The van der Waals surface area contributed by atoms with Gasteiger partial charge in [0.25, 0.3) is 0 Å². The van der Waals surface area contributed by atoms with Gasteiger partial charge in [-0.2, -0.15) is 0 Å². The molecule has 0 radical (unpaired) electrons. The van der Waals surface area contributed by atoms with Gasteiger partial charge in [0.15, 0.2) is 0 Å². The van der Waals surface area contributed by atoms with Crippen molar-refractivity contribution in [3.63, 3.8) is 0 Å². The largest absolute Gasteiger partial charge is 6.00 e. The first-order valence-electron chi connectivity index (χ1n) is 7.93. The van der Waals surface area contributed by atoms with Crippen LogP contribution in [0.3, 0.4) is 0 Å². The van der Waals surface area contributed by atoms with E-state index in [-0.39, 0.29) is 33.3 Å². The zero-order valence-electron chi connectivity index (χ0n) is 13.6. The average molecular weight is 422 g/mol. The molecule has 0 spiro atoms. The molecule has 4 bridgehead atoms. The number of aryl methyl sites for hydroxylation is 2. The Bertz CT molecular complexity index is 469. The molecule has 0 atom stereocenters. The van der Waals surface area contributed by atoms with Gasteiger partial charge in [-0.3, -0.25) is 4.79 Å². The number of benzene rings is 1. The molecular formula is C16H26N4OPRu+7. The van der Waals surface area contributed by atoms with Crippen LogP contribution in [0, 0.1) is 6.92 Å². The Morgan fingerprint density at radius 2 is 1.52 bits per heavy atom. The molecule has 5 rings (SSSR count). The van der Waals surface area contributed by atoms with E-state index in [4.69, 9.17) is 5.73 Å². The molecule has 4 aliphatic heterocycles. The molecule has 0 saturated carbocycles. The molecule has 0 unspecified atom stereocenters. The van der Waals surface area contributed by atoms with Crippen molar-refractivity contribution in [1.29, 1.82) is 0 Å². The summed E-state index contributed by atoms with van der Waals surface area (Å²) in [7, 11) is 0.0297. The van der Waals surface area contributed by atoms with Crippen molar-refractivity contribution in [2.24, 2.45) is 5.73 Å². The summed E-state index contributed by atoms with van der Waals surface area (Å²) >= 11 is 0. The van der Waals surface area contributed by atoms with Gasteiger partial charge in [0.1, 0.15) is 18.9 Å². The van der Waals surface area contributed by atoms with Crippen LogP contribution in [0.4, 0.5) is 0 Å². The van der Waals surface area contributed by atoms with Gasteiger partial charge in [0.05, 0.1) is 20.0 Å². The molecule has 7 heteroatoms. The first-order valence-corrected chi connectivity index (χ1v) is 10.0. The fourth-order valence-electron chi connectivity index (χ4n) is 3.40. The number of hydrogen-bond donors (Lipinski definition) is 1. The summed E-state index contributed by atoms with van der Waals surface area (Å²) in [5.74, 6) is -0.240. The number of nitrogens with zero attached hydrogens (tertiary/aromatic N) is 3. The van der Waals surface area contributed by atoms with E-state index in [0.29, 0.717) is 6.42 Å². The molecular weight excluding hydrogens is 396 g/mol. The summed E-state index contributed by atoms with van der Waals surface area (Å²) in [6.45, 7) is 5.80. The summed E-state index contributed by atoms with van der Waals surface area (Å²) < 4.78 is 0. The first kappa shape index (κ1) is 19.0. The first-order chi connectivity index (χ1) is 10.6. The summed E-state index contributed by atoms with van der Waals surface area (Å²) in [5.41, 5.74) is 7.43. The zero-order valence-corrected chi connectivity index (χ0v) is 16.4. The maximum Gasteiger partial charge on any atom is 6.00 e. The Hall–Kier alpha value is -0.377. The van der Waals surface area contributed by atoms with Crippen molar-refractivity contribution in [2.45, 2.75) is 19.8 Å². The summed E-state index contributed by atoms with van der Waals surface area (Å²) in [5, 5.41) is 0. The standard InChI is InChI=1S/C10H13NO.C6H12N3P.Ru/c1-8-2-4-9(5-3-8)6-7-10(11)12;1-7-2-9-3-8(1)5-10(4-7)6-9;/h2-5H,6-7H2,1H3,(H2,11,12);1-6H2;/q;;+6/p+1. The molecule has 0 aliphatic carbocycles. The summed E-state index contributed by atoms with van der Waals surface area (Å²) in [4.78, 5) is 18.2. The molecule has 1 aromatic rings. The van der Waals surface area contributed by atoms with Crippen LogP contribution in [0.25, 0.3) is 0 Å². The van der Waals surface area contributed by atoms with Crippen LogP contribution < -0.4 is 5.73 Å². The van der Waals surface area contributed by atoms with Crippen molar-refractivity contribution in [3.8, 4) is 0 Å². The van der Waals surface area contributed by atoms with Gasteiger partial charge in [0, 0.05) is 14.3 Å². The summed E-state index contributed by atoms with van der Waals surface area (Å²) in [6.07, 6.45) is 5.55. The second-order valence-electron chi connectivity index (χ2n) is 6.61. The second-order valence-corrected chi connectivity index (χ2v) is 9.06. The number of amides is 1. The fourth-order valence-corrected chi connectivity index (χ4v) is 6.20. The predicted octanol–water partition coefficient (Wildman–Crippen LogP) is 1.30. The van der Waals surface area contributed by atoms with Crippen LogP contribution in [0.2, 0.25) is 0 Å². The molecule has 4 fully saturated rings. The van der Waals surface area contributed by atoms with E-state index < -0.39 is 0 Å². The van der Waals surface area contributed by atoms with Gasteiger partial charge in [0.2, 0.25) is 5.91 Å². The number of rotatable bonds is 3. The SMILES string of the molecule is C1N2CN3CN1C[PH+](C2)C3.Cc1ccc(CCC(N)=O)cc1.[Ru+6]. The molecule has 2 N–H and O–H groups in total. The molecule has 0 aromatic heterocycles. The molecule has 23 heavy (non-hydrogen) atoms. The zero-order chi connectivity index (χ0) is 15.5. The minimum Gasteiger partial charge on any atom is -0.370 e. The Kier molecular flexibility index (Phi) is 7.12. The van der Waals surface area contributed by atoms with Crippen molar-refractivity contribution >= 4 is 13.8 Å². The smallest absolute Gasteiger partial charge is 0.370 e.